The number of carboxylic acid groups (broad SMARTS) is 1. The van der Waals surface area contributed by atoms with Crippen LogP contribution in [-0.4, -0.2) is 19.5 Å². The van der Waals surface area contributed by atoms with Crippen LogP contribution in [0.1, 0.15) is 14.5 Å². The molecule has 0 radical (unpaired) electrons. The fourth-order valence-electron chi connectivity index (χ4n) is 1.61. The quantitative estimate of drug-likeness (QED) is 0.799. The number of carbonyl (C=O) groups is 1. The molecule has 0 amide bonds. The van der Waals surface area contributed by atoms with Gasteiger partial charge in [-0.1, -0.05) is 27.5 Å². The lowest BCUT2D eigenvalue weighted by Gasteiger charge is -2.09. The molecule has 9 heteroatoms. The number of sulfonamides is 1. The molecule has 1 aromatic heterocycles. The van der Waals surface area contributed by atoms with Crippen molar-refractivity contribution < 1.29 is 18.3 Å². The highest BCUT2D eigenvalue weighted by molar-refractivity contribution is 9.10. The van der Waals surface area contributed by atoms with E-state index in [9.17, 15) is 13.2 Å². The van der Waals surface area contributed by atoms with Crippen LogP contribution in [0.2, 0.25) is 5.02 Å². The standard InChI is InChI=1S/C12H9BrClNO4S2/c1-6-11(5-10(20-6)12(16)17)21(18,19)15-9-3-2-7(13)4-8(9)14/h2-5,15H,1H3,(H,16,17). The summed E-state index contributed by atoms with van der Waals surface area (Å²) in [5.74, 6) is -1.16. The third-order valence-corrected chi connectivity index (χ3v) is 6.01. The van der Waals surface area contributed by atoms with Gasteiger partial charge in [0.1, 0.15) is 9.77 Å². The Balaban J connectivity index is 2.41. The van der Waals surface area contributed by atoms with Gasteiger partial charge in [0.2, 0.25) is 0 Å². The van der Waals surface area contributed by atoms with Crippen molar-refractivity contribution in [2.75, 3.05) is 4.72 Å². The summed E-state index contributed by atoms with van der Waals surface area (Å²) in [5, 5.41) is 9.16. The zero-order chi connectivity index (χ0) is 15.8. The van der Waals surface area contributed by atoms with Crippen LogP contribution in [0.3, 0.4) is 0 Å². The van der Waals surface area contributed by atoms with E-state index in [0.717, 1.165) is 21.9 Å². The van der Waals surface area contributed by atoms with E-state index in [4.69, 9.17) is 16.7 Å². The van der Waals surface area contributed by atoms with Gasteiger partial charge < -0.3 is 5.11 Å². The van der Waals surface area contributed by atoms with Gasteiger partial charge in [-0.2, -0.15) is 0 Å². The van der Waals surface area contributed by atoms with Crippen molar-refractivity contribution in [1.82, 2.24) is 0 Å². The molecule has 0 unspecified atom stereocenters. The van der Waals surface area contributed by atoms with Crippen LogP contribution < -0.4 is 4.72 Å². The van der Waals surface area contributed by atoms with E-state index in [-0.39, 0.29) is 20.5 Å². The molecule has 0 saturated carbocycles. The Morgan fingerprint density at radius 1 is 1.38 bits per heavy atom. The monoisotopic (exact) mass is 409 g/mol. The maximum absolute atomic E-state index is 12.3. The smallest absolute Gasteiger partial charge is 0.345 e. The van der Waals surface area contributed by atoms with Crippen molar-refractivity contribution >= 4 is 60.5 Å². The predicted molar refractivity (Wildman–Crippen MR) is 86.0 cm³/mol. The Morgan fingerprint density at radius 2 is 2.05 bits per heavy atom. The molecule has 0 bridgehead atoms. The van der Waals surface area contributed by atoms with Gasteiger partial charge >= 0.3 is 5.97 Å². The highest BCUT2D eigenvalue weighted by Crippen LogP contribution is 2.31. The fraction of sp³-hybridized carbons (Fsp3) is 0.0833. The van der Waals surface area contributed by atoms with E-state index in [2.05, 4.69) is 20.7 Å². The van der Waals surface area contributed by atoms with Crippen molar-refractivity contribution in [2.45, 2.75) is 11.8 Å². The van der Waals surface area contributed by atoms with Crippen LogP contribution in [0, 0.1) is 6.92 Å². The lowest BCUT2D eigenvalue weighted by molar-refractivity contribution is 0.0702. The molecule has 0 aliphatic rings. The summed E-state index contributed by atoms with van der Waals surface area (Å²) in [6, 6.07) is 5.86. The first-order chi connectivity index (χ1) is 9.70. The summed E-state index contributed by atoms with van der Waals surface area (Å²) in [4.78, 5) is 11.2. The van der Waals surface area contributed by atoms with Crippen LogP contribution in [0.25, 0.3) is 0 Å². The molecule has 0 saturated heterocycles. The number of anilines is 1. The summed E-state index contributed by atoms with van der Waals surface area (Å²) in [5.41, 5.74) is 0.224. The lowest BCUT2D eigenvalue weighted by Crippen LogP contribution is -2.13. The number of halogens is 2. The number of benzene rings is 1. The summed E-state index contributed by atoms with van der Waals surface area (Å²) < 4.78 is 27.7. The summed E-state index contributed by atoms with van der Waals surface area (Å²) in [6.45, 7) is 1.55. The molecule has 5 nitrogen and oxygen atoms in total. The summed E-state index contributed by atoms with van der Waals surface area (Å²) in [7, 11) is -3.89. The first-order valence-corrected chi connectivity index (χ1v) is 8.99. The zero-order valence-corrected chi connectivity index (χ0v) is 14.5. The van der Waals surface area contributed by atoms with Gasteiger partial charge in [-0.3, -0.25) is 4.72 Å². The van der Waals surface area contributed by atoms with E-state index in [1.54, 1.807) is 19.1 Å². The first kappa shape index (κ1) is 16.3. The number of hydrogen-bond donors (Lipinski definition) is 2. The third kappa shape index (κ3) is 3.57. The average molecular weight is 411 g/mol. The molecule has 0 atom stereocenters. The van der Waals surface area contributed by atoms with Gasteiger partial charge in [-0.15, -0.1) is 11.3 Å². The minimum Gasteiger partial charge on any atom is -0.477 e. The van der Waals surface area contributed by atoms with Crippen molar-refractivity contribution in [1.29, 1.82) is 0 Å². The zero-order valence-electron chi connectivity index (χ0n) is 10.6. The minimum atomic E-state index is -3.89. The van der Waals surface area contributed by atoms with Crippen molar-refractivity contribution in [3.05, 3.63) is 43.5 Å². The molecule has 2 aromatic rings. The molecule has 0 aliphatic carbocycles. The molecule has 0 spiro atoms. The van der Waals surface area contributed by atoms with Crippen LogP contribution in [0.5, 0.6) is 0 Å². The van der Waals surface area contributed by atoms with Crippen molar-refractivity contribution in [2.24, 2.45) is 0 Å². The van der Waals surface area contributed by atoms with Crippen LogP contribution >= 0.6 is 38.9 Å². The minimum absolute atomic E-state index is 0.0326. The van der Waals surface area contributed by atoms with Gasteiger partial charge in [0.25, 0.3) is 10.0 Å². The molecule has 112 valence electrons. The maximum atomic E-state index is 12.3. The Morgan fingerprint density at radius 3 is 2.57 bits per heavy atom. The van der Waals surface area contributed by atoms with Crippen molar-refractivity contribution in [3.63, 3.8) is 0 Å². The number of rotatable bonds is 4. The van der Waals surface area contributed by atoms with Gasteiger partial charge in [-0.05, 0) is 31.2 Å². The second-order valence-corrected chi connectivity index (χ2v) is 8.30. The van der Waals surface area contributed by atoms with Gasteiger partial charge in [0, 0.05) is 9.35 Å². The molecule has 1 aromatic carbocycles. The second-order valence-electron chi connectivity index (χ2n) is 4.07. The molecule has 21 heavy (non-hydrogen) atoms. The van der Waals surface area contributed by atoms with E-state index in [1.807, 2.05) is 0 Å². The Labute approximate surface area is 138 Å². The number of thiophene rings is 1. The molecular formula is C12H9BrClNO4S2. The van der Waals surface area contributed by atoms with E-state index in [1.165, 1.54) is 6.07 Å². The summed E-state index contributed by atoms with van der Waals surface area (Å²) in [6.07, 6.45) is 0. The van der Waals surface area contributed by atoms with Crippen molar-refractivity contribution in [3.8, 4) is 0 Å². The predicted octanol–water partition coefficient (Wildman–Crippen LogP) is 3.97. The number of aromatic carboxylic acids is 1. The highest BCUT2D eigenvalue weighted by atomic mass is 79.9. The highest BCUT2D eigenvalue weighted by Gasteiger charge is 2.23. The number of hydrogen-bond acceptors (Lipinski definition) is 4. The molecule has 2 rings (SSSR count). The molecule has 0 aliphatic heterocycles. The van der Waals surface area contributed by atoms with Crippen LogP contribution in [0.4, 0.5) is 5.69 Å². The third-order valence-electron chi connectivity index (χ3n) is 2.55. The van der Waals surface area contributed by atoms with Crippen LogP contribution in [-0.2, 0) is 10.0 Å². The van der Waals surface area contributed by atoms with Gasteiger partial charge in [-0.25, -0.2) is 13.2 Å². The number of nitrogens with one attached hydrogen (secondary N) is 1. The molecule has 0 fully saturated rings. The molecule has 2 N–H and O–H groups in total. The lowest BCUT2D eigenvalue weighted by atomic mass is 10.3. The summed E-state index contributed by atoms with van der Waals surface area (Å²) >= 11 is 10.1. The largest absolute Gasteiger partial charge is 0.477 e. The topological polar surface area (TPSA) is 83.5 Å². The second kappa shape index (κ2) is 5.96. The SMILES string of the molecule is Cc1sc(C(=O)O)cc1S(=O)(=O)Nc1ccc(Br)cc1Cl. The maximum Gasteiger partial charge on any atom is 0.345 e. The Kier molecular flexibility index (Phi) is 4.62. The van der Waals surface area contributed by atoms with E-state index in [0.29, 0.717) is 4.88 Å². The fourth-order valence-corrected chi connectivity index (χ4v) is 4.90. The Hall–Kier alpha value is -1.09. The van der Waals surface area contributed by atoms with Crippen LogP contribution in [0.15, 0.2) is 33.6 Å². The van der Waals surface area contributed by atoms with Gasteiger partial charge in [0.05, 0.1) is 10.7 Å². The average Bonchev–Trinajstić information content (AvgIpc) is 2.76. The first-order valence-electron chi connectivity index (χ1n) is 5.52. The Bertz CT molecular complexity index is 817. The van der Waals surface area contributed by atoms with Gasteiger partial charge in [0.15, 0.2) is 0 Å². The molecule has 1 heterocycles. The van der Waals surface area contributed by atoms with E-state index < -0.39 is 16.0 Å². The number of aryl methyl sites for hydroxylation is 1. The molecular weight excluding hydrogens is 402 g/mol. The normalized spacial score (nSPS) is 11.4. The van der Waals surface area contributed by atoms with E-state index >= 15 is 0 Å². The number of carboxylic acids is 1.